The van der Waals surface area contributed by atoms with Gasteiger partial charge in [-0.2, -0.15) is 5.10 Å². The number of benzene rings is 2. The second-order valence-electron chi connectivity index (χ2n) is 10.1. The van der Waals surface area contributed by atoms with Gasteiger partial charge in [-0.3, -0.25) is 15.1 Å². The number of ether oxygens (including phenoxy) is 2. The highest BCUT2D eigenvalue weighted by molar-refractivity contribution is 5.99. The Morgan fingerprint density at radius 1 is 0.952 bits per heavy atom. The molecule has 0 radical (unpaired) electrons. The summed E-state index contributed by atoms with van der Waals surface area (Å²) in [6, 6.07) is 14.5. The number of esters is 1. The lowest BCUT2D eigenvalue weighted by atomic mass is 9.92. The largest absolute Gasteiger partial charge is 0.462 e. The Hall–Kier alpha value is -5.26. The highest BCUT2D eigenvalue weighted by Gasteiger charge is 2.22. The average molecular weight is 575 g/mol. The molecule has 0 spiro atoms. The highest BCUT2D eigenvalue weighted by Crippen LogP contribution is 2.28. The number of nitrogens with zero attached hydrogens (tertiary/aromatic N) is 3. The second-order valence-corrected chi connectivity index (χ2v) is 10.1. The van der Waals surface area contributed by atoms with Crippen molar-refractivity contribution in [2.24, 2.45) is 0 Å². The van der Waals surface area contributed by atoms with E-state index in [1.54, 1.807) is 37.3 Å². The Kier molecular flexibility index (Phi) is 8.84. The van der Waals surface area contributed by atoms with Gasteiger partial charge in [0, 0.05) is 36.9 Å². The highest BCUT2D eigenvalue weighted by atomic mass is 19.1. The predicted octanol–water partition coefficient (Wildman–Crippen LogP) is 5.68. The standard InChI is InChI=1S/C30H31FN6O5/c1-6-41-28(39)18-7-9-19(10-8-18)37-26(17-25(36-37)30(2,3)4)35-29(40)34-23-12-11-20(15-22(23)31)42-21-13-14-33-24(16-21)27(38)32-5/h7-17H,6H2,1-5H3,(H,32,38)(H2,34,35,40). The second kappa shape index (κ2) is 12.5. The number of amides is 3. The minimum Gasteiger partial charge on any atom is -0.462 e. The van der Waals surface area contributed by atoms with Crippen LogP contribution in [0, 0.1) is 5.82 Å². The molecule has 2 aromatic heterocycles. The molecule has 3 amide bonds. The van der Waals surface area contributed by atoms with Crippen LogP contribution >= 0.6 is 0 Å². The van der Waals surface area contributed by atoms with E-state index in [9.17, 15) is 18.8 Å². The van der Waals surface area contributed by atoms with Crippen molar-refractivity contribution >= 4 is 29.4 Å². The lowest BCUT2D eigenvalue weighted by Crippen LogP contribution is -2.22. The molecule has 0 aliphatic rings. The molecule has 2 heterocycles. The summed E-state index contributed by atoms with van der Waals surface area (Å²) in [7, 11) is 1.48. The zero-order valence-corrected chi connectivity index (χ0v) is 23.8. The van der Waals surface area contributed by atoms with Gasteiger partial charge in [0.25, 0.3) is 5.91 Å². The topological polar surface area (TPSA) is 136 Å². The van der Waals surface area contributed by atoms with Crippen LogP contribution in [0.1, 0.15) is 54.2 Å². The fraction of sp³-hybridized carbons (Fsp3) is 0.233. The minimum atomic E-state index is -0.735. The third-order valence-corrected chi connectivity index (χ3v) is 5.96. The number of anilines is 2. The van der Waals surface area contributed by atoms with E-state index < -0.39 is 17.8 Å². The van der Waals surface area contributed by atoms with E-state index in [-0.39, 0.29) is 35.1 Å². The van der Waals surface area contributed by atoms with E-state index in [0.717, 1.165) is 6.07 Å². The van der Waals surface area contributed by atoms with E-state index in [0.29, 0.717) is 28.5 Å². The van der Waals surface area contributed by atoms with Crippen LogP contribution < -0.4 is 20.7 Å². The van der Waals surface area contributed by atoms with Gasteiger partial charge in [-0.05, 0) is 49.4 Å². The summed E-state index contributed by atoms with van der Waals surface area (Å²) in [4.78, 5) is 40.7. The quantitative estimate of drug-likeness (QED) is 0.231. The smallest absolute Gasteiger partial charge is 0.338 e. The maximum absolute atomic E-state index is 14.9. The summed E-state index contributed by atoms with van der Waals surface area (Å²) in [5.74, 6) is -0.772. The molecule has 0 atom stereocenters. The van der Waals surface area contributed by atoms with Gasteiger partial charge in [0.1, 0.15) is 28.8 Å². The lowest BCUT2D eigenvalue weighted by molar-refractivity contribution is 0.0526. The van der Waals surface area contributed by atoms with Crippen LogP contribution in [0.15, 0.2) is 66.9 Å². The van der Waals surface area contributed by atoms with Crippen molar-refractivity contribution in [1.82, 2.24) is 20.1 Å². The molecule has 218 valence electrons. The number of aromatic nitrogens is 3. The van der Waals surface area contributed by atoms with Crippen LogP contribution in [-0.2, 0) is 10.2 Å². The van der Waals surface area contributed by atoms with Crippen molar-refractivity contribution in [1.29, 1.82) is 0 Å². The van der Waals surface area contributed by atoms with Crippen LogP contribution in [0.4, 0.5) is 20.7 Å². The summed E-state index contributed by atoms with van der Waals surface area (Å²) in [5, 5.41) is 12.4. The van der Waals surface area contributed by atoms with Gasteiger partial charge in [-0.1, -0.05) is 20.8 Å². The molecule has 4 aromatic rings. The van der Waals surface area contributed by atoms with Crippen LogP contribution in [0.25, 0.3) is 5.69 Å². The van der Waals surface area contributed by atoms with Gasteiger partial charge < -0.3 is 20.1 Å². The third-order valence-electron chi connectivity index (χ3n) is 5.96. The molecule has 0 aliphatic heterocycles. The van der Waals surface area contributed by atoms with Crippen molar-refractivity contribution in [3.8, 4) is 17.2 Å². The van der Waals surface area contributed by atoms with Crippen LogP contribution in [-0.4, -0.2) is 46.3 Å². The summed E-state index contributed by atoms with van der Waals surface area (Å²) >= 11 is 0. The van der Waals surface area contributed by atoms with E-state index in [1.807, 2.05) is 20.8 Å². The van der Waals surface area contributed by atoms with Gasteiger partial charge in [0.2, 0.25) is 0 Å². The number of halogens is 1. The van der Waals surface area contributed by atoms with E-state index >= 15 is 0 Å². The molecular formula is C30H31FN6O5. The number of carbonyl (C=O) groups is 3. The Labute approximate surface area is 242 Å². The summed E-state index contributed by atoms with van der Waals surface area (Å²) in [6.07, 6.45) is 1.40. The molecule has 0 saturated heterocycles. The Bertz CT molecular complexity index is 1610. The maximum Gasteiger partial charge on any atom is 0.338 e. The average Bonchev–Trinajstić information content (AvgIpc) is 3.38. The van der Waals surface area contributed by atoms with Gasteiger partial charge >= 0.3 is 12.0 Å². The van der Waals surface area contributed by atoms with Crippen molar-refractivity contribution in [2.75, 3.05) is 24.3 Å². The van der Waals surface area contributed by atoms with E-state index in [4.69, 9.17) is 9.47 Å². The molecule has 0 saturated carbocycles. The minimum absolute atomic E-state index is 0.0819. The number of pyridine rings is 1. The van der Waals surface area contributed by atoms with Crippen LogP contribution in [0.2, 0.25) is 0 Å². The first kappa shape index (κ1) is 29.7. The molecule has 42 heavy (non-hydrogen) atoms. The third kappa shape index (κ3) is 7.08. The molecule has 2 aromatic carbocycles. The Balaban J connectivity index is 1.50. The van der Waals surface area contributed by atoms with Gasteiger partial charge in [-0.25, -0.2) is 18.7 Å². The molecule has 0 bridgehead atoms. The number of carbonyl (C=O) groups excluding carboxylic acids is 3. The Morgan fingerprint density at radius 3 is 2.31 bits per heavy atom. The molecule has 3 N–H and O–H groups in total. The Morgan fingerprint density at radius 2 is 1.67 bits per heavy atom. The van der Waals surface area contributed by atoms with Gasteiger partial charge in [0.05, 0.1) is 29.2 Å². The first-order valence-electron chi connectivity index (χ1n) is 13.1. The SMILES string of the molecule is CCOC(=O)c1ccc(-n2nc(C(C)(C)C)cc2NC(=O)Nc2ccc(Oc3ccnc(C(=O)NC)c3)cc2F)cc1. The predicted molar refractivity (Wildman–Crippen MR) is 155 cm³/mol. The molecule has 0 unspecified atom stereocenters. The number of nitrogens with one attached hydrogen (secondary N) is 3. The van der Waals surface area contributed by atoms with Gasteiger partial charge in [0.15, 0.2) is 0 Å². The zero-order chi connectivity index (χ0) is 30.4. The number of urea groups is 1. The van der Waals surface area contributed by atoms with E-state index in [2.05, 4.69) is 26.0 Å². The molecule has 11 nitrogen and oxygen atoms in total. The van der Waals surface area contributed by atoms with Crippen molar-refractivity contribution in [3.05, 3.63) is 89.6 Å². The summed E-state index contributed by atoms with van der Waals surface area (Å²) < 4.78 is 27.1. The maximum atomic E-state index is 14.9. The lowest BCUT2D eigenvalue weighted by Gasteiger charge is -2.14. The molecule has 4 rings (SSSR count). The summed E-state index contributed by atoms with van der Waals surface area (Å²) in [5.41, 5.74) is 1.42. The fourth-order valence-corrected chi connectivity index (χ4v) is 3.78. The van der Waals surface area contributed by atoms with E-state index in [1.165, 1.54) is 42.2 Å². The first-order chi connectivity index (χ1) is 20.0. The summed E-state index contributed by atoms with van der Waals surface area (Å²) in [6.45, 7) is 7.95. The van der Waals surface area contributed by atoms with Crippen molar-refractivity contribution in [2.45, 2.75) is 33.1 Å². The molecule has 0 aliphatic carbocycles. The van der Waals surface area contributed by atoms with Gasteiger partial charge in [-0.15, -0.1) is 0 Å². The van der Waals surface area contributed by atoms with Crippen LogP contribution in [0.5, 0.6) is 11.5 Å². The zero-order valence-electron chi connectivity index (χ0n) is 23.8. The fourth-order valence-electron chi connectivity index (χ4n) is 3.78. The molecular weight excluding hydrogens is 543 g/mol. The number of rotatable bonds is 8. The molecule has 12 heteroatoms. The first-order valence-corrected chi connectivity index (χ1v) is 13.1. The van der Waals surface area contributed by atoms with Crippen molar-refractivity contribution < 1.29 is 28.2 Å². The van der Waals surface area contributed by atoms with Crippen molar-refractivity contribution in [3.63, 3.8) is 0 Å². The number of hydrogen-bond donors (Lipinski definition) is 3. The normalized spacial score (nSPS) is 11.0. The van der Waals surface area contributed by atoms with Crippen LogP contribution in [0.3, 0.4) is 0 Å². The monoisotopic (exact) mass is 574 g/mol. The number of hydrogen-bond acceptors (Lipinski definition) is 7. The molecule has 0 fully saturated rings.